The third-order valence-electron chi connectivity index (χ3n) is 2.46. The maximum atomic E-state index is 13.2. The van der Waals surface area contributed by atoms with E-state index < -0.39 is 11.8 Å². The molecule has 0 aliphatic rings. The molecule has 5 heteroatoms. The largest absolute Gasteiger partial charge is 0.478 e. The number of carboxylic acids is 1. The van der Waals surface area contributed by atoms with E-state index in [2.05, 4.69) is 0 Å². The lowest BCUT2D eigenvalue weighted by molar-refractivity contribution is 0.0696. The minimum atomic E-state index is -1.20. The number of pyridine rings is 1. The number of aromatic carboxylic acids is 1. The molecule has 0 atom stereocenters. The van der Waals surface area contributed by atoms with Crippen molar-refractivity contribution in [1.29, 1.82) is 0 Å². The first-order valence-corrected chi connectivity index (χ1v) is 5.24. The maximum Gasteiger partial charge on any atom is 0.335 e. The van der Waals surface area contributed by atoms with Gasteiger partial charge in [-0.25, -0.2) is 9.18 Å². The van der Waals surface area contributed by atoms with Crippen molar-refractivity contribution in [2.45, 2.75) is 6.54 Å². The molecule has 0 spiro atoms. The van der Waals surface area contributed by atoms with Crippen LogP contribution in [-0.2, 0) is 6.54 Å². The second-order valence-corrected chi connectivity index (χ2v) is 3.82. The molecular weight excluding hydrogens is 237 g/mol. The Morgan fingerprint density at radius 2 is 2.06 bits per heavy atom. The number of aromatic nitrogens is 1. The minimum Gasteiger partial charge on any atom is -0.478 e. The van der Waals surface area contributed by atoms with Gasteiger partial charge in [0.2, 0.25) is 0 Å². The van der Waals surface area contributed by atoms with Crippen molar-refractivity contribution in [2.75, 3.05) is 0 Å². The molecule has 0 fully saturated rings. The minimum absolute atomic E-state index is 0.131. The lowest BCUT2D eigenvalue weighted by Crippen LogP contribution is -2.18. The van der Waals surface area contributed by atoms with E-state index in [1.165, 1.54) is 22.8 Å². The summed E-state index contributed by atoms with van der Waals surface area (Å²) in [4.78, 5) is 22.3. The molecule has 0 bridgehead atoms. The molecule has 0 aliphatic heterocycles. The first-order chi connectivity index (χ1) is 8.56. The normalized spacial score (nSPS) is 10.3. The molecule has 1 aromatic heterocycles. The van der Waals surface area contributed by atoms with Gasteiger partial charge in [0.05, 0.1) is 12.1 Å². The number of benzene rings is 1. The van der Waals surface area contributed by atoms with Gasteiger partial charge in [-0.2, -0.15) is 0 Å². The molecule has 0 saturated carbocycles. The number of halogens is 1. The van der Waals surface area contributed by atoms with E-state index in [0.29, 0.717) is 5.56 Å². The molecule has 2 rings (SSSR count). The summed E-state index contributed by atoms with van der Waals surface area (Å²) in [5, 5.41) is 8.82. The molecule has 0 radical (unpaired) electrons. The molecule has 0 saturated heterocycles. The molecule has 4 nitrogen and oxygen atoms in total. The fraction of sp³-hybridized carbons (Fsp3) is 0.0769. The van der Waals surface area contributed by atoms with Crippen LogP contribution >= 0.6 is 0 Å². The fourth-order valence-corrected chi connectivity index (χ4v) is 1.65. The number of carbonyl (C=O) groups is 1. The summed E-state index contributed by atoms with van der Waals surface area (Å²) in [6.45, 7) is 0.137. The van der Waals surface area contributed by atoms with Crippen LogP contribution in [0.1, 0.15) is 15.9 Å². The number of hydrogen-bond acceptors (Lipinski definition) is 2. The van der Waals surface area contributed by atoms with Crippen molar-refractivity contribution in [2.24, 2.45) is 0 Å². The summed E-state index contributed by atoms with van der Waals surface area (Å²) >= 11 is 0. The van der Waals surface area contributed by atoms with Gasteiger partial charge in [0.1, 0.15) is 5.82 Å². The molecule has 18 heavy (non-hydrogen) atoms. The third kappa shape index (κ3) is 2.63. The summed E-state index contributed by atoms with van der Waals surface area (Å²) in [6, 6.07) is 8.18. The first-order valence-electron chi connectivity index (χ1n) is 5.24. The Labute approximate surface area is 102 Å². The third-order valence-corrected chi connectivity index (χ3v) is 2.46. The molecule has 1 heterocycles. The van der Waals surface area contributed by atoms with E-state index in [4.69, 9.17) is 5.11 Å². The molecule has 1 N–H and O–H groups in total. The number of hydrogen-bond donors (Lipinski definition) is 1. The van der Waals surface area contributed by atoms with Crippen LogP contribution in [0.4, 0.5) is 4.39 Å². The van der Waals surface area contributed by atoms with Gasteiger partial charge < -0.3 is 9.67 Å². The van der Waals surface area contributed by atoms with Crippen molar-refractivity contribution in [1.82, 2.24) is 4.57 Å². The Kier molecular flexibility index (Phi) is 3.23. The highest BCUT2D eigenvalue weighted by atomic mass is 19.1. The molecule has 2 aromatic rings. The quantitative estimate of drug-likeness (QED) is 0.898. The van der Waals surface area contributed by atoms with E-state index in [9.17, 15) is 14.0 Å². The summed E-state index contributed by atoms with van der Waals surface area (Å²) < 4.78 is 14.6. The predicted octanol–water partition coefficient (Wildman–Crippen LogP) is 1.73. The second kappa shape index (κ2) is 4.83. The molecule has 92 valence electrons. The zero-order valence-corrected chi connectivity index (χ0v) is 9.34. The monoisotopic (exact) mass is 247 g/mol. The molecule has 1 aromatic carbocycles. The average Bonchev–Trinajstić information content (AvgIpc) is 2.31. The van der Waals surface area contributed by atoms with E-state index in [1.807, 2.05) is 0 Å². The lowest BCUT2D eigenvalue weighted by Gasteiger charge is -2.06. The van der Waals surface area contributed by atoms with Crippen LogP contribution in [0, 0.1) is 5.82 Å². The number of carboxylic acid groups (broad SMARTS) is 1. The van der Waals surface area contributed by atoms with Gasteiger partial charge in [-0.3, -0.25) is 4.79 Å². The van der Waals surface area contributed by atoms with Gasteiger partial charge >= 0.3 is 5.97 Å². The second-order valence-electron chi connectivity index (χ2n) is 3.82. The summed E-state index contributed by atoms with van der Waals surface area (Å²) in [6.07, 6.45) is 1.56. The predicted molar refractivity (Wildman–Crippen MR) is 63.2 cm³/mol. The van der Waals surface area contributed by atoms with Crippen molar-refractivity contribution in [3.05, 3.63) is 69.9 Å². The van der Waals surface area contributed by atoms with Crippen LogP contribution in [0.3, 0.4) is 0 Å². The Hall–Kier alpha value is -2.43. The molecule has 0 aliphatic carbocycles. The highest BCUT2D eigenvalue weighted by Crippen LogP contribution is 2.10. The van der Waals surface area contributed by atoms with Crippen LogP contribution in [-0.4, -0.2) is 15.6 Å². The van der Waals surface area contributed by atoms with Crippen LogP contribution in [0.15, 0.2) is 47.4 Å². The lowest BCUT2D eigenvalue weighted by atomic mass is 10.1. The molecule has 0 amide bonds. The van der Waals surface area contributed by atoms with Gasteiger partial charge in [0.15, 0.2) is 0 Å². The first kappa shape index (κ1) is 12.0. The number of rotatable bonds is 3. The standard InChI is InChI=1S/C13H10FNO3/c14-11-6-9(5-10(7-11)13(17)18)8-15-4-2-1-3-12(15)16/h1-7H,8H2,(H,17,18). The average molecular weight is 247 g/mol. The van der Waals surface area contributed by atoms with Crippen LogP contribution in [0.2, 0.25) is 0 Å². The van der Waals surface area contributed by atoms with E-state index in [-0.39, 0.29) is 17.7 Å². The van der Waals surface area contributed by atoms with Crippen molar-refractivity contribution in [3.8, 4) is 0 Å². The Morgan fingerprint density at radius 1 is 1.28 bits per heavy atom. The van der Waals surface area contributed by atoms with Crippen LogP contribution in [0.5, 0.6) is 0 Å². The van der Waals surface area contributed by atoms with Gasteiger partial charge in [-0.1, -0.05) is 6.07 Å². The topological polar surface area (TPSA) is 59.3 Å². The molecule has 0 unspecified atom stereocenters. The van der Waals surface area contributed by atoms with E-state index in [0.717, 1.165) is 6.07 Å². The maximum absolute atomic E-state index is 13.2. The summed E-state index contributed by atoms with van der Waals surface area (Å²) in [5.74, 6) is -1.83. The van der Waals surface area contributed by atoms with Crippen molar-refractivity contribution >= 4 is 5.97 Å². The summed E-state index contributed by atoms with van der Waals surface area (Å²) in [7, 11) is 0. The highest BCUT2D eigenvalue weighted by Gasteiger charge is 2.07. The van der Waals surface area contributed by atoms with E-state index >= 15 is 0 Å². The number of nitrogens with zero attached hydrogens (tertiary/aromatic N) is 1. The Morgan fingerprint density at radius 3 is 2.72 bits per heavy atom. The SMILES string of the molecule is O=C(O)c1cc(F)cc(Cn2ccccc2=O)c1. The van der Waals surface area contributed by atoms with Crippen molar-refractivity contribution in [3.63, 3.8) is 0 Å². The van der Waals surface area contributed by atoms with Crippen LogP contribution in [0.25, 0.3) is 0 Å². The summed E-state index contributed by atoms with van der Waals surface area (Å²) in [5.41, 5.74) is 0.0771. The zero-order valence-electron chi connectivity index (χ0n) is 9.34. The Balaban J connectivity index is 2.38. The van der Waals surface area contributed by atoms with Gasteiger partial charge in [0, 0.05) is 12.3 Å². The van der Waals surface area contributed by atoms with Crippen molar-refractivity contribution < 1.29 is 14.3 Å². The van der Waals surface area contributed by atoms with Gasteiger partial charge in [0.25, 0.3) is 5.56 Å². The highest BCUT2D eigenvalue weighted by molar-refractivity contribution is 5.87. The zero-order chi connectivity index (χ0) is 13.1. The van der Waals surface area contributed by atoms with E-state index in [1.54, 1.807) is 18.3 Å². The smallest absolute Gasteiger partial charge is 0.335 e. The fourth-order valence-electron chi connectivity index (χ4n) is 1.65. The van der Waals surface area contributed by atoms with Crippen LogP contribution < -0.4 is 5.56 Å². The van der Waals surface area contributed by atoms with Gasteiger partial charge in [-0.15, -0.1) is 0 Å². The Bertz CT molecular complexity index is 649. The van der Waals surface area contributed by atoms with Gasteiger partial charge in [-0.05, 0) is 29.8 Å². The molecular formula is C13H10FNO3.